The molecule has 1 aromatic carbocycles. The molecule has 80 valence electrons. The van der Waals surface area contributed by atoms with Crippen LogP contribution in [-0.2, 0) is 5.41 Å². The molecule has 3 rings (SSSR count). The zero-order chi connectivity index (χ0) is 10.3. The molecule has 0 aliphatic carbocycles. The zero-order valence-electron chi connectivity index (χ0n) is 8.55. The Morgan fingerprint density at radius 1 is 1.27 bits per heavy atom. The summed E-state index contributed by atoms with van der Waals surface area (Å²) in [4.78, 5) is 0. The first-order valence-corrected chi connectivity index (χ1v) is 5.82. The third kappa shape index (κ3) is 1.44. The smallest absolute Gasteiger partial charge is 0.124 e. The standard InChI is InChI=1S/C12H14ClNO/c13-9-1-2-10-11(7-9)15-8-12(10)3-5-14-6-4-12/h1-2,7,14H,3-6,8H2. The second kappa shape index (κ2) is 3.39. The van der Waals surface area contributed by atoms with E-state index in [1.807, 2.05) is 12.1 Å². The Labute approximate surface area is 94.6 Å². The van der Waals surface area contributed by atoms with Crippen molar-refractivity contribution in [3.63, 3.8) is 0 Å². The fraction of sp³-hybridized carbons (Fsp3) is 0.500. The summed E-state index contributed by atoms with van der Waals surface area (Å²) in [5.74, 6) is 0.990. The van der Waals surface area contributed by atoms with Crippen molar-refractivity contribution in [3.05, 3.63) is 28.8 Å². The van der Waals surface area contributed by atoms with Crippen molar-refractivity contribution >= 4 is 11.6 Å². The molecule has 0 saturated carbocycles. The van der Waals surface area contributed by atoms with Gasteiger partial charge in [0.2, 0.25) is 0 Å². The molecule has 15 heavy (non-hydrogen) atoms. The lowest BCUT2D eigenvalue weighted by atomic mass is 9.75. The SMILES string of the molecule is Clc1ccc2c(c1)OCC21CCNCC1. The Morgan fingerprint density at radius 3 is 2.87 bits per heavy atom. The van der Waals surface area contributed by atoms with Crippen LogP contribution < -0.4 is 10.1 Å². The van der Waals surface area contributed by atoms with Gasteiger partial charge in [0, 0.05) is 16.0 Å². The normalized spacial score (nSPS) is 22.5. The highest BCUT2D eigenvalue weighted by Crippen LogP contribution is 2.45. The maximum absolute atomic E-state index is 5.96. The fourth-order valence-electron chi connectivity index (χ4n) is 2.67. The summed E-state index contributed by atoms with van der Waals surface area (Å²) in [6, 6.07) is 6.04. The van der Waals surface area contributed by atoms with Gasteiger partial charge >= 0.3 is 0 Å². The molecule has 1 spiro atoms. The number of hydrogen-bond donors (Lipinski definition) is 1. The quantitative estimate of drug-likeness (QED) is 0.729. The molecule has 2 aliphatic rings. The minimum atomic E-state index is 0.255. The maximum atomic E-state index is 5.96. The summed E-state index contributed by atoms with van der Waals surface area (Å²) >= 11 is 5.96. The van der Waals surface area contributed by atoms with Crippen molar-refractivity contribution in [2.24, 2.45) is 0 Å². The van der Waals surface area contributed by atoms with Gasteiger partial charge in [-0.25, -0.2) is 0 Å². The molecular weight excluding hydrogens is 210 g/mol. The highest BCUT2D eigenvalue weighted by molar-refractivity contribution is 6.30. The van der Waals surface area contributed by atoms with Crippen LogP contribution in [0.2, 0.25) is 5.02 Å². The van der Waals surface area contributed by atoms with Crippen molar-refractivity contribution in [3.8, 4) is 5.75 Å². The zero-order valence-corrected chi connectivity index (χ0v) is 9.31. The van der Waals surface area contributed by atoms with Crippen LogP contribution in [0.3, 0.4) is 0 Å². The topological polar surface area (TPSA) is 21.3 Å². The Balaban J connectivity index is 2.03. The van der Waals surface area contributed by atoms with Gasteiger partial charge in [0.25, 0.3) is 0 Å². The van der Waals surface area contributed by atoms with Crippen LogP contribution in [0, 0.1) is 0 Å². The second-order valence-electron chi connectivity index (χ2n) is 4.46. The first kappa shape index (κ1) is 9.49. The minimum Gasteiger partial charge on any atom is -0.492 e. The van der Waals surface area contributed by atoms with Crippen LogP contribution in [0.1, 0.15) is 18.4 Å². The molecule has 1 aromatic rings. The number of rotatable bonds is 0. The number of ether oxygens (including phenoxy) is 1. The van der Waals surface area contributed by atoms with E-state index >= 15 is 0 Å². The van der Waals surface area contributed by atoms with Gasteiger partial charge in [0.15, 0.2) is 0 Å². The monoisotopic (exact) mass is 223 g/mol. The largest absolute Gasteiger partial charge is 0.492 e. The van der Waals surface area contributed by atoms with E-state index in [4.69, 9.17) is 16.3 Å². The van der Waals surface area contributed by atoms with Crippen molar-refractivity contribution in [1.29, 1.82) is 0 Å². The molecule has 0 radical (unpaired) electrons. The van der Waals surface area contributed by atoms with Crippen LogP contribution in [0.25, 0.3) is 0 Å². The number of nitrogens with one attached hydrogen (secondary N) is 1. The van der Waals surface area contributed by atoms with Gasteiger partial charge in [-0.1, -0.05) is 17.7 Å². The fourth-order valence-corrected chi connectivity index (χ4v) is 2.83. The number of halogens is 1. The van der Waals surface area contributed by atoms with Crippen molar-refractivity contribution in [1.82, 2.24) is 5.32 Å². The third-order valence-corrected chi connectivity index (χ3v) is 3.81. The highest BCUT2D eigenvalue weighted by Gasteiger charge is 2.41. The van der Waals surface area contributed by atoms with Gasteiger partial charge in [-0.2, -0.15) is 0 Å². The van der Waals surface area contributed by atoms with Gasteiger partial charge in [-0.15, -0.1) is 0 Å². The predicted octanol–water partition coefficient (Wildman–Crippen LogP) is 2.35. The average Bonchev–Trinajstić information content (AvgIpc) is 2.58. The first-order chi connectivity index (χ1) is 7.30. The predicted molar refractivity (Wildman–Crippen MR) is 60.7 cm³/mol. The summed E-state index contributed by atoms with van der Waals surface area (Å²) in [5.41, 5.74) is 1.61. The van der Waals surface area contributed by atoms with Crippen LogP contribution in [0.5, 0.6) is 5.75 Å². The third-order valence-electron chi connectivity index (χ3n) is 3.58. The highest BCUT2D eigenvalue weighted by atomic mass is 35.5. The molecule has 1 fully saturated rings. The minimum absolute atomic E-state index is 0.255. The van der Waals surface area contributed by atoms with E-state index in [9.17, 15) is 0 Å². The summed E-state index contributed by atoms with van der Waals surface area (Å²) in [6.07, 6.45) is 2.34. The van der Waals surface area contributed by atoms with Crippen molar-refractivity contribution < 1.29 is 4.74 Å². The molecule has 0 unspecified atom stereocenters. The average molecular weight is 224 g/mol. The van der Waals surface area contributed by atoms with Gasteiger partial charge in [-0.05, 0) is 38.1 Å². The summed E-state index contributed by atoms with van der Waals surface area (Å²) in [5, 5.41) is 4.16. The molecule has 3 heteroatoms. The van der Waals surface area contributed by atoms with E-state index in [0.29, 0.717) is 0 Å². The van der Waals surface area contributed by atoms with Crippen LogP contribution >= 0.6 is 11.6 Å². The molecule has 0 atom stereocenters. The van der Waals surface area contributed by atoms with E-state index < -0.39 is 0 Å². The molecule has 0 aromatic heterocycles. The van der Waals surface area contributed by atoms with Crippen LogP contribution in [0.15, 0.2) is 18.2 Å². The van der Waals surface area contributed by atoms with Gasteiger partial charge in [-0.3, -0.25) is 0 Å². The Morgan fingerprint density at radius 2 is 2.07 bits per heavy atom. The number of piperidine rings is 1. The Hall–Kier alpha value is -0.730. The summed E-state index contributed by atoms with van der Waals surface area (Å²) in [6.45, 7) is 3.00. The molecule has 0 bridgehead atoms. The number of hydrogen-bond acceptors (Lipinski definition) is 2. The van der Waals surface area contributed by atoms with Gasteiger partial charge in [0.1, 0.15) is 5.75 Å². The van der Waals surface area contributed by atoms with E-state index in [1.165, 1.54) is 18.4 Å². The molecule has 2 nitrogen and oxygen atoms in total. The lowest BCUT2D eigenvalue weighted by Gasteiger charge is -2.32. The summed E-state index contributed by atoms with van der Waals surface area (Å²) < 4.78 is 5.76. The van der Waals surface area contributed by atoms with Crippen molar-refractivity contribution in [2.75, 3.05) is 19.7 Å². The second-order valence-corrected chi connectivity index (χ2v) is 4.90. The number of fused-ring (bicyclic) bond motifs is 2. The number of benzene rings is 1. The molecule has 0 amide bonds. The summed E-state index contributed by atoms with van der Waals surface area (Å²) in [7, 11) is 0. The Bertz CT molecular complexity index is 385. The molecule has 1 saturated heterocycles. The van der Waals surface area contributed by atoms with E-state index in [-0.39, 0.29) is 5.41 Å². The van der Waals surface area contributed by atoms with Crippen LogP contribution in [-0.4, -0.2) is 19.7 Å². The molecule has 2 heterocycles. The van der Waals surface area contributed by atoms with Gasteiger partial charge < -0.3 is 10.1 Å². The van der Waals surface area contributed by atoms with E-state index in [0.717, 1.165) is 30.5 Å². The lowest BCUT2D eigenvalue weighted by Crippen LogP contribution is -2.40. The Kier molecular flexibility index (Phi) is 2.15. The molecular formula is C12H14ClNO. The molecule has 1 N–H and O–H groups in total. The molecule has 2 aliphatic heterocycles. The maximum Gasteiger partial charge on any atom is 0.124 e. The van der Waals surface area contributed by atoms with Crippen LogP contribution in [0.4, 0.5) is 0 Å². The van der Waals surface area contributed by atoms with E-state index in [1.54, 1.807) is 0 Å². The lowest BCUT2D eigenvalue weighted by molar-refractivity contribution is 0.220. The van der Waals surface area contributed by atoms with Crippen molar-refractivity contribution in [2.45, 2.75) is 18.3 Å². The van der Waals surface area contributed by atoms with Gasteiger partial charge in [0.05, 0.1) is 6.61 Å². The first-order valence-electron chi connectivity index (χ1n) is 5.44. The van der Waals surface area contributed by atoms with E-state index in [2.05, 4.69) is 11.4 Å².